The van der Waals surface area contributed by atoms with E-state index in [-0.39, 0.29) is 11.4 Å². The van der Waals surface area contributed by atoms with Gasteiger partial charge in [0.1, 0.15) is 17.1 Å². The van der Waals surface area contributed by atoms with Gasteiger partial charge in [0.05, 0.1) is 5.69 Å². The van der Waals surface area contributed by atoms with E-state index >= 15 is 0 Å². The molecule has 2 aromatic carbocycles. The van der Waals surface area contributed by atoms with Crippen LogP contribution in [0.5, 0.6) is 11.5 Å². The number of aryl methyl sites for hydroxylation is 1. The predicted molar refractivity (Wildman–Crippen MR) is 82.9 cm³/mol. The average molecular weight is 271 g/mol. The number of phenolic OH excluding ortho intramolecular Hbond substituents is 1. The van der Waals surface area contributed by atoms with Crippen molar-refractivity contribution in [3.05, 3.63) is 48.0 Å². The van der Waals surface area contributed by atoms with Crippen molar-refractivity contribution in [2.45, 2.75) is 33.3 Å². The first-order valence-electron chi connectivity index (χ1n) is 6.70. The lowest BCUT2D eigenvalue weighted by atomic mass is 10.1. The van der Waals surface area contributed by atoms with Gasteiger partial charge in [0.25, 0.3) is 0 Å². The minimum Gasteiger partial charge on any atom is -0.506 e. The van der Waals surface area contributed by atoms with Crippen molar-refractivity contribution in [3.8, 4) is 11.5 Å². The molecule has 0 radical (unpaired) electrons. The maximum absolute atomic E-state index is 9.78. The Kier molecular flexibility index (Phi) is 3.89. The van der Waals surface area contributed by atoms with Gasteiger partial charge in [-0.3, -0.25) is 0 Å². The molecule has 2 rings (SSSR count). The summed E-state index contributed by atoms with van der Waals surface area (Å²) in [5.74, 6) is 1.08. The zero-order chi connectivity index (χ0) is 14.8. The molecule has 3 heteroatoms. The fourth-order valence-electron chi connectivity index (χ4n) is 1.92. The van der Waals surface area contributed by atoms with Crippen LogP contribution in [0.2, 0.25) is 0 Å². The van der Waals surface area contributed by atoms with Crippen LogP contribution in [0, 0.1) is 6.92 Å². The summed E-state index contributed by atoms with van der Waals surface area (Å²) >= 11 is 0. The topological polar surface area (TPSA) is 41.5 Å². The zero-order valence-corrected chi connectivity index (χ0v) is 12.4. The number of ether oxygens (including phenoxy) is 1. The van der Waals surface area contributed by atoms with Crippen molar-refractivity contribution in [1.29, 1.82) is 0 Å². The van der Waals surface area contributed by atoms with Crippen LogP contribution >= 0.6 is 0 Å². The molecule has 0 unspecified atom stereocenters. The maximum Gasteiger partial charge on any atom is 0.139 e. The van der Waals surface area contributed by atoms with E-state index in [1.807, 2.05) is 58.0 Å². The number of anilines is 2. The number of phenols is 1. The van der Waals surface area contributed by atoms with Gasteiger partial charge in [-0.05, 0) is 63.6 Å². The van der Waals surface area contributed by atoms with Crippen molar-refractivity contribution in [2.24, 2.45) is 0 Å². The van der Waals surface area contributed by atoms with Crippen LogP contribution in [0.25, 0.3) is 0 Å². The molecule has 0 bridgehead atoms. The van der Waals surface area contributed by atoms with Crippen molar-refractivity contribution in [3.63, 3.8) is 0 Å². The quantitative estimate of drug-likeness (QED) is 0.800. The highest BCUT2D eigenvalue weighted by molar-refractivity contribution is 5.68. The second kappa shape index (κ2) is 5.45. The molecule has 3 nitrogen and oxygen atoms in total. The number of nitrogens with one attached hydrogen (secondary N) is 1. The second-order valence-electron chi connectivity index (χ2n) is 5.83. The van der Waals surface area contributed by atoms with E-state index in [0.29, 0.717) is 5.69 Å². The van der Waals surface area contributed by atoms with Gasteiger partial charge in [-0.15, -0.1) is 0 Å². The largest absolute Gasteiger partial charge is 0.506 e. The summed E-state index contributed by atoms with van der Waals surface area (Å²) in [5.41, 5.74) is 2.50. The van der Waals surface area contributed by atoms with E-state index < -0.39 is 0 Å². The lowest BCUT2D eigenvalue weighted by molar-refractivity contribution is 0.131. The lowest BCUT2D eigenvalue weighted by Crippen LogP contribution is -2.22. The molecule has 0 spiro atoms. The van der Waals surface area contributed by atoms with Gasteiger partial charge in [0.15, 0.2) is 0 Å². The molecule has 0 aliphatic carbocycles. The lowest BCUT2D eigenvalue weighted by Gasteiger charge is -2.22. The minimum atomic E-state index is -0.209. The summed E-state index contributed by atoms with van der Waals surface area (Å²) in [4.78, 5) is 0. The van der Waals surface area contributed by atoms with E-state index in [0.717, 1.165) is 17.0 Å². The fraction of sp³-hybridized carbons (Fsp3) is 0.294. The first-order chi connectivity index (χ1) is 9.35. The van der Waals surface area contributed by atoms with Crippen LogP contribution in [0.15, 0.2) is 42.5 Å². The maximum atomic E-state index is 9.78. The SMILES string of the molecule is Cc1cc(OC(C)(C)C)ccc1Nc1ccccc1O. The molecule has 0 saturated carbocycles. The molecular formula is C17H21NO2. The van der Waals surface area contributed by atoms with Crippen molar-refractivity contribution in [2.75, 3.05) is 5.32 Å². The molecule has 0 fully saturated rings. The van der Waals surface area contributed by atoms with Crippen molar-refractivity contribution in [1.82, 2.24) is 0 Å². The molecule has 0 heterocycles. The van der Waals surface area contributed by atoms with E-state index in [9.17, 15) is 5.11 Å². The average Bonchev–Trinajstić information content (AvgIpc) is 2.33. The van der Waals surface area contributed by atoms with Crippen LogP contribution in [0.3, 0.4) is 0 Å². The molecule has 0 aromatic heterocycles. The molecule has 2 N–H and O–H groups in total. The molecule has 20 heavy (non-hydrogen) atoms. The molecule has 0 amide bonds. The Morgan fingerprint density at radius 2 is 1.70 bits per heavy atom. The molecular weight excluding hydrogens is 250 g/mol. The summed E-state index contributed by atoms with van der Waals surface area (Å²) in [6.07, 6.45) is 0. The van der Waals surface area contributed by atoms with Gasteiger partial charge >= 0.3 is 0 Å². The van der Waals surface area contributed by atoms with Crippen LogP contribution < -0.4 is 10.1 Å². The van der Waals surface area contributed by atoms with Crippen LogP contribution in [0.1, 0.15) is 26.3 Å². The van der Waals surface area contributed by atoms with E-state index in [1.54, 1.807) is 12.1 Å². The summed E-state index contributed by atoms with van der Waals surface area (Å²) in [6.45, 7) is 8.08. The highest BCUT2D eigenvalue weighted by atomic mass is 16.5. The summed E-state index contributed by atoms with van der Waals surface area (Å²) in [6, 6.07) is 13.1. The number of hydrogen-bond acceptors (Lipinski definition) is 3. The van der Waals surface area contributed by atoms with Gasteiger partial charge in [-0.2, -0.15) is 0 Å². The normalized spacial score (nSPS) is 11.2. The van der Waals surface area contributed by atoms with Gasteiger partial charge in [0, 0.05) is 5.69 Å². The van der Waals surface area contributed by atoms with Crippen LogP contribution in [-0.2, 0) is 0 Å². The molecule has 106 valence electrons. The van der Waals surface area contributed by atoms with Gasteiger partial charge in [-0.1, -0.05) is 12.1 Å². The van der Waals surface area contributed by atoms with Crippen molar-refractivity contribution < 1.29 is 9.84 Å². The Bertz CT molecular complexity index is 600. The smallest absolute Gasteiger partial charge is 0.139 e. The fourth-order valence-corrected chi connectivity index (χ4v) is 1.92. The number of benzene rings is 2. The van der Waals surface area contributed by atoms with Gasteiger partial charge in [-0.25, -0.2) is 0 Å². The van der Waals surface area contributed by atoms with E-state index in [4.69, 9.17) is 4.74 Å². The molecule has 2 aromatic rings. The molecule has 0 aliphatic heterocycles. The Morgan fingerprint density at radius 3 is 2.30 bits per heavy atom. The highest BCUT2D eigenvalue weighted by Crippen LogP contribution is 2.30. The van der Waals surface area contributed by atoms with E-state index in [2.05, 4.69) is 5.32 Å². The van der Waals surface area contributed by atoms with Crippen LogP contribution in [0.4, 0.5) is 11.4 Å². The third-order valence-electron chi connectivity index (χ3n) is 2.80. The highest BCUT2D eigenvalue weighted by Gasteiger charge is 2.12. The number of rotatable bonds is 3. The third-order valence-corrected chi connectivity index (χ3v) is 2.80. The van der Waals surface area contributed by atoms with E-state index in [1.165, 1.54) is 0 Å². The minimum absolute atomic E-state index is 0.209. The van der Waals surface area contributed by atoms with Gasteiger partial charge in [0.2, 0.25) is 0 Å². The Balaban J connectivity index is 2.20. The van der Waals surface area contributed by atoms with Gasteiger partial charge < -0.3 is 15.2 Å². The van der Waals surface area contributed by atoms with Crippen molar-refractivity contribution >= 4 is 11.4 Å². The predicted octanol–water partition coefficient (Wildman–Crippen LogP) is 4.62. The molecule has 0 saturated heterocycles. The first-order valence-corrected chi connectivity index (χ1v) is 6.70. The molecule has 0 atom stereocenters. The standard InChI is InChI=1S/C17H21NO2/c1-12-11-13(20-17(2,3)4)9-10-14(12)18-15-7-5-6-8-16(15)19/h5-11,18-19H,1-4H3. The number of hydrogen-bond donors (Lipinski definition) is 2. The summed E-state index contributed by atoms with van der Waals surface area (Å²) < 4.78 is 5.83. The second-order valence-corrected chi connectivity index (χ2v) is 5.83. The Morgan fingerprint density at radius 1 is 1.00 bits per heavy atom. The first kappa shape index (κ1) is 14.3. The number of aromatic hydroxyl groups is 1. The molecule has 0 aliphatic rings. The summed E-state index contributed by atoms with van der Waals surface area (Å²) in [7, 11) is 0. The number of para-hydroxylation sites is 2. The Hall–Kier alpha value is -2.16. The monoisotopic (exact) mass is 271 g/mol. The van der Waals surface area contributed by atoms with Crippen LogP contribution in [-0.4, -0.2) is 10.7 Å². The zero-order valence-electron chi connectivity index (χ0n) is 12.4. The Labute approximate surface area is 120 Å². The third kappa shape index (κ3) is 3.67. The summed E-state index contributed by atoms with van der Waals surface area (Å²) in [5, 5.41) is 13.0.